The maximum absolute atomic E-state index is 15.6. The van der Waals surface area contributed by atoms with Gasteiger partial charge in [0.05, 0.1) is 0 Å². The van der Waals surface area contributed by atoms with Crippen LogP contribution in [0, 0.1) is 0 Å². The summed E-state index contributed by atoms with van der Waals surface area (Å²) in [5.41, 5.74) is 2.32. The van der Waals surface area contributed by atoms with Crippen LogP contribution >= 0.6 is 7.14 Å². The van der Waals surface area contributed by atoms with E-state index in [4.69, 9.17) is 0 Å². The molecule has 0 amide bonds. The van der Waals surface area contributed by atoms with Crippen LogP contribution in [0.2, 0.25) is 0 Å². The van der Waals surface area contributed by atoms with E-state index in [1.165, 1.54) is 48.7 Å². The van der Waals surface area contributed by atoms with Gasteiger partial charge >= 0.3 is 0 Å². The predicted molar refractivity (Wildman–Crippen MR) is 199 cm³/mol. The zero-order chi connectivity index (χ0) is 30.7. The maximum Gasteiger partial charge on any atom is 0.171 e. The topological polar surface area (TPSA) is 17.1 Å². The first-order valence-electron chi connectivity index (χ1n) is 15.7. The van der Waals surface area contributed by atoms with Crippen LogP contribution < -0.4 is 15.9 Å². The Kier molecular flexibility index (Phi) is 6.17. The quantitative estimate of drug-likeness (QED) is 0.111. The fourth-order valence-electron chi connectivity index (χ4n) is 7.33. The van der Waals surface area contributed by atoms with Gasteiger partial charge in [0.25, 0.3) is 0 Å². The third kappa shape index (κ3) is 4.06. The lowest BCUT2D eigenvalue weighted by Gasteiger charge is -2.22. The molecular formula is C44H29OP. The Bertz CT molecular complexity index is 2650. The molecule has 0 radical (unpaired) electrons. The second kappa shape index (κ2) is 10.6. The largest absolute Gasteiger partial charge is 0.309 e. The number of benzene rings is 9. The predicted octanol–water partition coefficient (Wildman–Crippen LogP) is 10.8. The normalized spacial score (nSPS) is 13.0. The summed E-state index contributed by atoms with van der Waals surface area (Å²) in [5, 5.41) is 14.6. The summed E-state index contributed by atoms with van der Waals surface area (Å²) < 4.78 is 15.6. The highest BCUT2D eigenvalue weighted by atomic mass is 31.2. The van der Waals surface area contributed by atoms with E-state index in [1.807, 2.05) is 54.6 Å². The van der Waals surface area contributed by atoms with Crippen molar-refractivity contribution < 1.29 is 4.57 Å². The summed E-state index contributed by atoms with van der Waals surface area (Å²) >= 11 is 0. The van der Waals surface area contributed by atoms with Gasteiger partial charge in [0, 0.05) is 15.9 Å². The van der Waals surface area contributed by atoms with Crippen LogP contribution in [0.5, 0.6) is 0 Å². The van der Waals surface area contributed by atoms with E-state index in [1.54, 1.807) is 0 Å². The van der Waals surface area contributed by atoms with Crippen LogP contribution in [0.4, 0.5) is 0 Å². The zero-order valence-corrected chi connectivity index (χ0v) is 26.0. The summed E-state index contributed by atoms with van der Waals surface area (Å²) in [6.07, 6.45) is 0. The highest BCUT2D eigenvalue weighted by Gasteiger charge is 2.31. The highest BCUT2D eigenvalue weighted by molar-refractivity contribution is 7.85. The first-order chi connectivity index (χ1) is 22.7. The molecule has 0 bridgehead atoms. The number of fused-ring (bicyclic) bond motifs is 7. The summed E-state index contributed by atoms with van der Waals surface area (Å²) in [5.74, 6) is 0. The number of hydrogen-bond acceptors (Lipinski definition) is 1. The molecule has 0 heterocycles. The van der Waals surface area contributed by atoms with Crippen molar-refractivity contribution in [2.24, 2.45) is 0 Å². The Morgan fingerprint density at radius 3 is 1.65 bits per heavy atom. The van der Waals surface area contributed by atoms with Gasteiger partial charge in [-0.15, -0.1) is 0 Å². The van der Waals surface area contributed by atoms with Crippen LogP contribution in [0.1, 0.15) is 0 Å². The van der Waals surface area contributed by atoms with Crippen LogP contribution in [0.15, 0.2) is 176 Å². The average molecular weight is 605 g/mol. The molecule has 0 saturated heterocycles. The van der Waals surface area contributed by atoms with E-state index in [0.717, 1.165) is 32.2 Å². The smallest absolute Gasteiger partial charge is 0.171 e. The first-order valence-corrected chi connectivity index (χ1v) is 17.4. The third-order valence-electron chi connectivity index (χ3n) is 9.51. The van der Waals surface area contributed by atoms with Crippen molar-refractivity contribution >= 4 is 76.9 Å². The van der Waals surface area contributed by atoms with Crippen molar-refractivity contribution in [3.8, 4) is 11.1 Å². The summed E-state index contributed by atoms with van der Waals surface area (Å²) in [4.78, 5) is 0. The van der Waals surface area contributed by atoms with E-state index in [0.29, 0.717) is 0 Å². The van der Waals surface area contributed by atoms with Crippen LogP contribution in [0.25, 0.3) is 65.0 Å². The molecule has 0 aliphatic carbocycles. The Morgan fingerprint density at radius 2 is 0.870 bits per heavy atom. The molecule has 216 valence electrons. The minimum atomic E-state index is -3.19. The van der Waals surface area contributed by atoms with Gasteiger partial charge in [-0.1, -0.05) is 170 Å². The Morgan fingerprint density at radius 1 is 0.326 bits per heavy atom. The molecule has 2 heteroatoms. The Balaban J connectivity index is 1.28. The fraction of sp³-hybridized carbons (Fsp3) is 0. The van der Waals surface area contributed by atoms with Crippen molar-refractivity contribution in [2.45, 2.75) is 0 Å². The second-order valence-corrected chi connectivity index (χ2v) is 14.7. The minimum Gasteiger partial charge on any atom is -0.309 e. The SMILES string of the molecule is O=P(c1ccccc1)(c1ccc(-c2c3ccccc3cc3c2ccc2c4ccccc4ccc32)cc1)c1cccc2ccccc12. The molecule has 0 aromatic heterocycles. The summed E-state index contributed by atoms with van der Waals surface area (Å²) in [6.45, 7) is 0. The lowest BCUT2D eigenvalue weighted by atomic mass is 9.89. The van der Waals surface area contributed by atoms with E-state index in [9.17, 15) is 0 Å². The molecule has 1 nitrogen and oxygen atoms in total. The lowest BCUT2D eigenvalue weighted by molar-refractivity contribution is 0.592. The van der Waals surface area contributed by atoms with Crippen LogP contribution in [-0.4, -0.2) is 0 Å². The fourth-order valence-corrected chi connectivity index (χ4v) is 10.2. The summed E-state index contributed by atoms with van der Waals surface area (Å²) in [7, 11) is -3.19. The molecule has 0 saturated carbocycles. The summed E-state index contributed by atoms with van der Waals surface area (Å²) in [6, 6.07) is 61.5. The third-order valence-corrected chi connectivity index (χ3v) is 12.6. The Hall–Kier alpha value is -5.49. The van der Waals surface area contributed by atoms with E-state index in [2.05, 4.69) is 121 Å². The molecule has 46 heavy (non-hydrogen) atoms. The van der Waals surface area contributed by atoms with Crippen molar-refractivity contribution in [1.82, 2.24) is 0 Å². The maximum atomic E-state index is 15.6. The first kappa shape index (κ1) is 26.9. The molecule has 9 aromatic rings. The zero-order valence-electron chi connectivity index (χ0n) is 25.1. The molecule has 0 aliphatic rings. The number of hydrogen-bond donors (Lipinski definition) is 0. The van der Waals surface area contributed by atoms with Gasteiger partial charge in [0.1, 0.15) is 0 Å². The average Bonchev–Trinajstić information content (AvgIpc) is 3.13. The van der Waals surface area contributed by atoms with Gasteiger partial charge in [0.15, 0.2) is 7.14 Å². The molecule has 1 atom stereocenters. The molecule has 0 spiro atoms. The highest BCUT2D eigenvalue weighted by Crippen LogP contribution is 2.46. The Labute approximate surface area is 267 Å². The molecule has 1 unspecified atom stereocenters. The van der Waals surface area contributed by atoms with E-state index in [-0.39, 0.29) is 0 Å². The van der Waals surface area contributed by atoms with Gasteiger partial charge in [-0.2, -0.15) is 0 Å². The van der Waals surface area contributed by atoms with Crippen LogP contribution in [0.3, 0.4) is 0 Å². The molecule has 0 fully saturated rings. The van der Waals surface area contributed by atoms with Crippen LogP contribution in [-0.2, 0) is 4.57 Å². The van der Waals surface area contributed by atoms with Gasteiger partial charge < -0.3 is 4.57 Å². The second-order valence-electron chi connectivity index (χ2n) is 12.0. The lowest BCUT2D eigenvalue weighted by Crippen LogP contribution is -2.25. The minimum absolute atomic E-state index is 0.834. The standard InChI is InChI=1S/C44H29OP/c45-46(34-15-2-1-3-16-34,43-20-10-14-30-11-5-8-18-37(30)43)35-24-21-32(22-25-35)44-38-19-9-6-13-33(38)29-42-40-26-23-31-12-4-7-17-36(31)39(40)27-28-41(42)44/h1-29H. The van der Waals surface area contributed by atoms with Crippen molar-refractivity contribution in [3.05, 3.63) is 176 Å². The molecule has 9 rings (SSSR count). The van der Waals surface area contributed by atoms with Gasteiger partial charge in [-0.25, -0.2) is 0 Å². The van der Waals surface area contributed by atoms with E-state index >= 15 is 4.57 Å². The van der Waals surface area contributed by atoms with Crippen molar-refractivity contribution in [1.29, 1.82) is 0 Å². The van der Waals surface area contributed by atoms with Gasteiger partial charge in [0.2, 0.25) is 0 Å². The monoisotopic (exact) mass is 604 g/mol. The van der Waals surface area contributed by atoms with E-state index < -0.39 is 7.14 Å². The molecule has 0 N–H and O–H groups in total. The van der Waals surface area contributed by atoms with Gasteiger partial charge in [-0.3, -0.25) is 0 Å². The van der Waals surface area contributed by atoms with Crippen molar-refractivity contribution in [3.63, 3.8) is 0 Å². The molecular weight excluding hydrogens is 575 g/mol. The molecule has 0 aliphatic heterocycles. The van der Waals surface area contributed by atoms with Crippen molar-refractivity contribution in [2.75, 3.05) is 0 Å². The molecule has 9 aromatic carbocycles. The number of rotatable bonds is 4. The van der Waals surface area contributed by atoms with Gasteiger partial charge in [-0.05, 0) is 71.1 Å².